The minimum atomic E-state index is 0.287. The molecule has 0 amide bonds. The van der Waals surface area contributed by atoms with Crippen molar-refractivity contribution in [2.75, 3.05) is 6.54 Å². The van der Waals surface area contributed by atoms with Crippen LogP contribution in [0.4, 0.5) is 0 Å². The van der Waals surface area contributed by atoms with Crippen LogP contribution in [0, 0.1) is 13.8 Å². The molecular weight excluding hydrogens is 254 g/mol. The second-order valence-electron chi connectivity index (χ2n) is 5.83. The molecule has 112 valence electrons. The number of rotatable bonds is 6. The number of hydrogen-bond acceptors (Lipinski definition) is 1. The van der Waals surface area contributed by atoms with Gasteiger partial charge in [0.25, 0.3) is 0 Å². The van der Waals surface area contributed by atoms with E-state index in [-0.39, 0.29) is 6.04 Å². The third kappa shape index (κ3) is 3.95. The van der Waals surface area contributed by atoms with Crippen LogP contribution < -0.4 is 5.32 Å². The van der Waals surface area contributed by atoms with Crippen molar-refractivity contribution >= 4 is 0 Å². The zero-order chi connectivity index (χ0) is 15.2. The van der Waals surface area contributed by atoms with Gasteiger partial charge in [-0.2, -0.15) is 0 Å². The van der Waals surface area contributed by atoms with Gasteiger partial charge in [0.05, 0.1) is 6.04 Å². The molecule has 0 aliphatic carbocycles. The molecule has 0 aliphatic heterocycles. The first kappa shape index (κ1) is 15.8. The van der Waals surface area contributed by atoms with Crippen LogP contribution in [0.1, 0.15) is 54.1 Å². The largest absolute Gasteiger partial charge is 0.306 e. The fourth-order valence-corrected chi connectivity index (χ4v) is 2.61. The SMILES string of the molecule is CCCNC(c1ccc(CC)cc1)c1ccc(C)c(C)c1. The monoisotopic (exact) mass is 281 g/mol. The summed E-state index contributed by atoms with van der Waals surface area (Å²) in [6.07, 6.45) is 2.24. The summed E-state index contributed by atoms with van der Waals surface area (Å²) in [6, 6.07) is 16.1. The van der Waals surface area contributed by atoms with E-state index in [1.54, 1.807) is 0 Å². The Hall–Kier alpha value is -1.60. The third-order valence-corrected chi connectivity index (χ3v) is 4.18. The molecule has 21 heavy (non-hydrogen) atoms. The summed E-state index contributed by atoms with van der Waals surface area (Å²) < 4.78 is 0. The van der Waals surface area contributed by atoms with Crippen molar-refractivity contribution in [2.45, 2.75) is 46.6 Å². The van der Waals surface area contributed by atoms with Crippen molar-refractivity contribution in [3.63, 3.8) is 0 Å². The zero-order valence-corrected chi connectivity index (χ0v) is 13.7. The molecule has 0 bridgehead atoms. The molecule has 1 N–H and O–H groups in total. The number of nitrogens with one attached hydrogen (secondary N) is 1. The molecule has 0 aliphatic rings. The summed E-state index contributed by atoms with van der Waals surface area (Å²) in [5.41, 5.74) is 6.82. The van der Waals surface area contributed by atoms with Gasteiger partial charge in [0.1, 0.15) is 0 Å². The van der Waals surface area contributed by atoms with Gasteiger partial charge in [-0.15, -0.1) is 0 Å². The van der Waals surface area contributed by atoms with E-state index >= 15 is 0 Å². The Morgan fingerprint density at radius 3 is 2.10 bits per heavy atom. The van der Waals surface area contributed by atoms with Gasteiger partial charge in [0.2, 0.25) is 0 Å². The van der Waals surface area contributed by atoms with Gasteiger partial charge < -0.3 is 5.32 Å². The van der Waals surface area contributed by atoms with Crippen LogP contribution in [-0.4, -0.2) is 6.54 Å². The van der Waals surface area contributed by atoms with E-state index in [0.29, 0.717) is 0 Å². The van der Waals surface area contributed by atoms with Gasteiger partial charge in [-0.05, 0) is 61.1 Å². The molecule has 2 rings (SSSR count). The van der Waals surface area contributed by atoms with Crippen molar-refractivity contribution in [3.8, 4) is 0 Å². The Balaban J connectivity index is 2.33. The van der Waals surface area contributed by atoms with Crippen LogP contribution in [0.5, 0.6) is 0 Å². The predicted molar refractivity (Wildman–Crippen MR) is 91.9 cm³/mol. The molecule has 1 unspecified atom stereocenters. The van der Waals surface area contributed by atoms with Gasteiger partial charge in [-0.25, -0.2) is 0 Å². The van der Waals surface area contributed by atoms with Gasteiger partial charge in [-0.1, -0.05) is 56.3 Å². The standard InChI is InChI=1S/C20H27N/c1-5-13-21-20(18-11-8-17(6-2)9-12-18)19-10-7-15(3)16(4)14-19/h7-12,14,20-21H,5-6,13H2,1-4H3. The number of aryl methyl sites for hydroxylation is 3. The molecular formula is C20H27N. The number of hydrogen-bond donors (Lipinski definition) is 1. The van der Waals surface area contributed by atoms with Crippen molar-refractivity contribution in [3.05, 3.63) is 70.3 Å². The molecule has 0 spiro atoms. The van der Waals surface area contributed by atoms with E-state index in [1.807, 2.05) is 0 Å². The summed E-state index contributed by atoms with van der Waals surface area (Å²) in [7, 11) is 0. The summed E-state index contributed by atoms with van der Waals surface area (Å²) in [5, 5.41) is 3.69. The van der Waals surface area contributed by atoms with Crippen molar-refractivity contribution < 1.29 is 0 Å². The molecule has 0 aromatic heterocycles. The lowest BCUT2D eigenvalue weighted by molar-refractivity contribution is 0.598. The van der Waals surface area contributed by atoms with E-state index in [0.717, 1.165) is 19.4 Å². The Morgan fingerprint density at radius 2 is 1.52 bits per heavy atom. The van der Waals surface area contributed by atoms with Crippen molar-refractivity contribution in [1.29, 1.82) is 0 Å². The lowest BCUT2D eigenvalue weighted by Crippen LogP contribution is -2.23. The molecule has 1 atom stereocenters. The van der Waals surface area contributed by atoms with E-state index in [1.165, 1.54) is 27.8 Å². The van der Waals surface area contributed by atoms with E-state index < -0.39 is 0 Å². The van der Waals surface area contributed by atoms with Crippen molar-refractivity contribution in [2.24, 2.45) is 0 Å². The Kier molecular flexibility index (Phi) is 5.58. The minimum absolute atomic E-state index is 0.287. The van der Waals surface area contributed by atoms with Gasteiger partial charge in [-0.3, -0.25) is 0 Å². The van der Waals surface area contributed by atoms with Crippen LogP contribution in [0.25, 0.3) is 0 Å². The molecule has 0 heterocycles. The molecule has 2 aromatic rings. The predicted octanol–water partition coefficient (Wildman–Crippen LogP) is 4.95. The maximum absolute atomic E-state index is 3.69. The number of benzene rings is 2. The average molecular weight is 281 g/mol. The summed E-state index contributed by atoms with van der Waals surface area (Å²) >= 11 is 0. The topological polar surface area (TPSA) is 12.0 Å². The van der Waals surface area contributed by atoms with E-state index in [9.17, 15) is 0 Å². The fourth-order valence-electron chi connectivity index (χ4n) is 2.61. The van der Waals surface area contributed by atoms with Gasteiger partial charge >= 0.3 is 0 Å². The molecule has 0 radical (unpaired) electrons. The summed E-state index contributed by atoms with van der Waals surface area (Å²) in [5.74, 6) is 0. The lowest BCUT2D eigenvalue weighted by Gasteiger charge is -2.21. The highest BCUT2D eigenvalue weighted by Gasteiger charge is 2.13. The van der Waals surface area contributed by atoms with E-state index in [2.05, 4.69) is 75.5 Å². The maximum Gasteiger partial charge on any atom is 0.0576 e. The first-order chi connectivity index (χ1) is 10.2. The van der Waals surface area contributed by atoms with Crippen LogP contribution >= 0.6 is 0 Å². The highest BCUT2D eigenvalue weighted by atomic mass is 14.9. The maximum atomic E-state index is 3.69. The Bertz CT molecular complexity index is 569. The first-order valence-electron chi connectivity index (χ1n) is 8.05. The smallest absolute Gasteiger partial charge is 0.0576 e. The molecule has 0 fully saturated rings. The third-order valence-electron chi connectivity index (χ3n) is 4.18. The van der Waals surface area contributed by atoms with Gasteiger partial charge in [0.15, 0.2) is 0 Å². The van der Waals surface area contributed by atoms with E-state index in [4.69, 9.17) is 0 Å². The first-order valence-corrected chi connectivity index (χ1v) is 8.05. The van der Waals surface area contributed by atoms with Crippen molar-refractivity contribution in [1.82, 2.24) is 5.32 Å². The van der Waals surface area contributed by atoms with Crippen LogP contribution in [-0.2, 0) is 6.42 Å². The zero-order valence-electron chi connectivity index (χ0n) is 13.7. The van der Waals surface area contributed by atoms with Crippen LogP contribution in [0.3, 0.4) is 0 Å². The normalized spacial score (nSPS) is 12.4. The molecule has 0 saturated heterocycles. The Labute approximate surface area is 129 Å². The quantitative estimate of drug-likeness (QED) is 0.789. The second kappa shape index (κ2) is 7.42. The average Bonchev–Trinajstić information content (AvgIpc) is 2.51. The Morgan fingerprint density at radius 1 is 0.857 bits per heavy atom. The summed E-state index contributed by atoms with van der Waals surface area (Å²) in [6.45, 7) is 9.81. The second-order valence-corrected chi connectivity index (χ2v) is 5.83. The van der Waals surface area contributed by atoms with Crippen LogP contribution in [0.2, 0.25) is 0 Å². The summed E-state index contributed by atoms with van der Waals surface area (Å²) in [4.78, 5) is 0. The highest BCUT2D eigenvalue weighted by molar-refractivity contribution is 5.38. The molecule has 1 nitrogen and oxygen atoms in total. The minimum Gasteiger partial charge on any atom is -0.306 e. The highest BCUT2D eigenvalue weighted by Crippen LogP contribution is 2.24. The van der Waals surface area contributed by atoms with Gasteiger partial charge in [0, 0.05) is 0 Å². The molecule has 2 aromatic carbocycles. The van der Waals surface area contributed by atoms with Crippen LogP contribution in [0.15, 0.2) is 42.5 Å². The fraction of sp³-hybridized carbons (Fsp3) is 0.400. The molecule has 1 heteroatoms. The molecule has 0 saturated carbocycles. The lowest BCUT2D eigenvalue weighted by atomic mass is 9.94.